The number of carbonyl (C=O) groups is 1. The summed E-state index contributed by atoms with van der Waals surface area (Å²) in [4.78, 5) is 25.6. The van der Waals surface area contributed by atoms with E-state index in [9.17, 15) is 14.9 Å². The van der Waals surface area contributed by atoms with Crippen LogP contribution in [0.25, 0.3) is 11.0 Å². The van der Waals surface area contributed by atoms with Crippen LogP contribution in [0.3, 0.4) is 0 Å². The molecule has 100 valence electrons. The lowest BCUT2D eigenvalue weighted by atomic mass is 10.2. The van der Waals surface area contributed by atoms with Crippen molar-refractivity contribution >= 4 is 16.8 Å². The Labute approximate surface area is 110 Å². The summed E-state index contributed by atoms with van der Waals surface area (Å²) in [7, 11) is 3.68. The lowest BCUT2D eigenvalue weighted by Gasteiger charge is -2.16. The Bertz CT molecular complexity index is 676. The Morgan fingerprint density at radius 1 is 1.37 bits per heavy atom. The molecule has 0 saturated heterocycles. The van der Waals surface area contributed by atoms with Gasteiger partial charge in [-0.2, -0.15) is 0 Å². The van der Waals surface area contributed by atoms with Gasteiger partial charge in [-0.15, -0.1) is 0 Å². The molecule has 2 rings (SSSR count). The van der Waals surface area contributed by atoms with E-state index in [0.29, 0.717) is 15.7 Å². The highest BCUT2D eigenvalue weighted by atomic mass is 16.5. The summed E-state index contributed by atoms with van der Waals surface area (Å²) >= 11 is 0. The van der Waals surface area contributed by atoms with E-state index in [1.165, 1.54) is 6.07 Å². The zero-order chi connectivity index (χ0) is 14.0. The van der Waals surface area contributed by atoms with Gasteiger partial charge in [0, 0.05) is 23.9 Å². The van der Waals surface area contributed by atoms with Crippen LogP contribution in [0.5, 0.6) is 0 Å². The number of hydrogen-bond donors (Lipinski definition) is 0. The standard InChI is InChI=1S/C13H15N3O3/c1-14(2)8-7-13(17)12-9-15(18)10-5-3-4-6-11(10)16(12)19/h3-6,9H,7-8H2,1-2H3. The van der Waals surface area contributed by atoms with Gasteiger partial charge < -0.3 is 14.8 Å². The third-order valence-electron chi connectivity index (χ3n) is 2.87. The Morgan fingerprint density at radius 2 is 2.05 bits per heavy atom. The Kier molecular flexibility index (Phi) is 3.62. The number of ketones is 1. The smallest absolute Gasteiger partial charge is 0.286 e. The first-order valence-electron chi connectivity index (χ1n) is 5.93. The van der Waals surface area contributed by atoms with E-state index in [1.807, 2.05) is 19.0 Å². The fourth-order valence-corrected chi connectivity index (χ4v) is 1.82. The van der Waals surface area contributed by atoms with Crippen LogP contribution in [0, 0.1) is 10.1 Å². The largest absolute Gasteiger partial charge is 0.805 e. The van der Waals surface area contributed by atoms with Crippen molar-refractivity contribution in [3.05, 3.63) is 46.3 Å². The minimum absolute atomic E-state index is 0.115. The molecule has 2 aromatic rings. The number of fused-ring (bicyclic) bond motifs is 1. The average molecular weight is 261 g/mol. The van der Waals surface area contributed by atoms with Gasteiger partial charge in [-0.25, -0.2) is 0 Å². The van der Waals surface area contributed by atoms with Crippen LogP contribution in [0.2, 0.25) is 0 Å². The molecule has 0 atom stereocenters. The lowest BCUT2D eigenvalue weighted by molar-refractivity contribution is -0.464. The molecular formula is C13H15N3O3. The van der Waals surface area contributed by atoms with Gasteiger partial charge in [0.15, 0.2) is 11.5 Å². The van der Waals surface area contributed by atoms with Crippen LogP contribution in [-0.2, 0) is 0 Å². The van der Waals surface area contributed by atoms with Gasteiger partial charge in [0.05, 0.1) is 4.43 Å². The summed E-state index contributed by atoms with van der Waals surface area (Å²) < 4.78 is 1.09. The molecule has 0 aliphatic carbocycles. The molecule has 0 saturated carbocycles. The second-order valence-corrected chi connectivity index (χ2v) is 4.60. The van der Waals surface area contributed by atoms with Crippen LogP contribution in [0.1, 0.15) is 16.9 Å². The summed E-state index contributed by atoms with van der Waals surface area (Å²) in [6.45, 7) is 0.532. The number of rotatable bonds is 4. The predicted octanol–water partition coefficient (Wildman–Crippen LogP) is 1.04. The number of benzene rings is 1. The van der Waals surface area contributed by atoms with E-state index in [2.05, 4.69) is 0 Å². The lowest BCUT2D eigenvalue weighted by Crippen LogP contribution is -2.24. The highest BCUT2D eigenvalue weighted by molar-refractivity contribution is 5.95. The number of para-hydroxylation sites is 2. The predicted molar refractivity (Wildman–Crippen MR) is 71.6 cm³/mol. The molecule has 0 N–H and O–H groups in total. The molecule has 0 spiro atoms. The van der Waals surface area contributed by atoms with E-state index < -0.39 is 0 Å². The van der Waals surface area contributed by atoms with Gasteiger partial charge >= 0.3 is 0 Å². The summed E-state index contributed by atoms with van der Waals surface area (Å²) in [6.07, 6.45) is 1.25. The van der Waals surface area contributed by atoms with Crippen molar-refractivity contribution in [2.45, 2.75) is 6.42 Å². The van der Waals surface area contributed by atoms with E-state index in [0.717, 1.165) is 6.20 Å². The molecular weight excluding hydrogens is 246 g/mol. The molecule has 0 aliphatic rings. The third kappa shape index (κ3) is 2.63. The molecule has 6 heteroatoms. The molecule has 19 heavy (non-hydrogen) atoms. The van der Waals surface area contributed by atoms with Crippen molar-refractivity contribution in [2.24, 2.45) is 0 Å². The first kappa shape index (κ1) is 13.2. The normalized spacial score (nSPS) is 11.1. The number of carbonyl (C=O) groups excluding carboxylic acids is 1. The van der Waals surface area contributed by atoms with Gasteiger partial charge in [0.1, 0.15) is 5.52 Å². The molecule has 1 aromatic carbocycles. The molecule has 1 heterocycles. The number of aromatic nitrogens is 2. The minimum atomic E-state index is -0.334. The second kappa shape index (κ2) is 5.19. The van der Waals surface area contributed by atoms with Crippen molar-refractivity contribution in [3.8, 4) is 0 Å². The Balaban J connectivity index is 2.47. The number of nitrogens with zero attached hydrogens (tertiary/aromatic N) is 3. The zero-order valence-corrected chi connectivity index (χ0v) is 10.9. The topological polar surface area (TPSA) is 71.3 Å². The highest BCUT2D eigenvalue weighted by Gasteiger charge is 2.17. The van der Waals surface area contributed by atoms with Crippen molar-refractivity contribution in [1.29, 1.82) is 0 Å². The molecule has 0 unspecified atom stereocenters. The molecule has 1 aromatic heterocycles. The molecule has 0 aliphatic heterocycles. The van der Waals surface area contributed by atoms with Gasteiger partial charge in [0.25, 0.3) is 11.7 Å². The monoisotopic (exact) mass is 261 g/mol. The van der Waals surface area contributed by atoms with Crippen molar-refractivity contribution < 1.29 is 9.22 Å². The Morgan fingerprint density at radius 3 is 2.74 bits per heavy atom. The maximum atomic E-state index is 12.1. The van der Waals surface area contributed by atoms with Gasteiger partial charge in [0.2, 0.25) is 0 Å². The summed E-state index contributed by atoms with van der Waals surface area (Å²) in [5.41, 5.74) is 0.338. The first-order valence-corrected chi connectivity index (χ1v) is 5.93. The summed E-state index contributed by atoms with van der Waals surface area (Å²) in [6, 6.07) is 6.40. The fourth-order valence-electron chi connectivity index (χ4n) is 1.82. The average Bonchev–Trinajstić information content (AvgIpc) is 2.40. The van der Waals surface area contributed by atoms with Gasteiger partial charge in [-0.1, -0.05) is 12.1 Å². The van der Waals surface area contributed by atoms with E-state index in [4.69, 9.17) is 0 Å². The molecule has 0 bridgehead atoms. The van der Waals surface area contributed by atoms with Crippen molar-refractivity contribution in [3.63, 3.8) is 0 Å². The van der Waals surface area contributed by atoms with Gasteiger partial charge in [-0.05, 0) is 20.2 Å². The van der Waals surface area contributed by atoms with Crippen LogP contribution >= 0.6 is 0 Å². The fraction of sp³-hybridized carbons (Fsp3) is 0.308. The molecule has 0 amide bonds. The van der Waals surface area contributed by atoms with E-state index >= 15 is 0 Å². The SMILES string of the molecule is CN(C)CCC(=O)c1c[n+](=O)c2ccccc2n1[O-]. The minimum Gasteiger partial charge on any atom is -0.805 e. The molecule has 0 radical (unpaired) electrons. The zero-order valence-electron chi connectivity index (χ0n) is 10.9. The van der Waals surface area contributed by atoms with Crippen LogP contribution in [0.4, 0.5) is 0 Å². The van der Waals surface area contributed by atoms with Crippen molar-refractivity contribution in [2.75, 3.05) is 20.6 Å². The first-order chi connectivity index (χ1) is 9.00. The van der Waals surface area contributed by atoms with Crippen molar-refractivity contribution in [1.82, 2.24) is 9.63 Å². The second-order valence-electron chi connectivity index (χ2n) is 4.60. The van der Waals surface area contributed by atoms with E-state index in [-0.39, 0.29) is 28.9 Å². The number of Topliss-reactive ketones (excluding diaryl/α,β-unsaturated/α-hetero) is 1. The summed E-state index contributed by atoms with van der Waals surface area (Å²) in [5.74, 6) is -0.334. The number of hydrogen-bond acceptors (Lipinski definition) is 4. The quantitative estimate of drug-likeness (QED) is 0.609. The Hall–Kier alpha value is -2.21. The van der Waals surface area contributed by atoms with Crippen LogP contribution < -0.4 is 4.43 Å². The van der Waals surface area contributed by atoms with E-state index in [1.54, 1.807) is 18.2 Å². The third-order valence-corrected chi connectivity index (χ3v) is 2.87. The maximum absolute atomic E-state index is 12.1. The van der Waals surface area contributed by atoms with Gasteiger partial charge in [-0.3, -0.25) is 4.79 Å². The molecule has 0 fully saturated rings. The maximum Gasteiger partial charge on any atom is 0.286 e. The van der Waals surface area contributed by atoms with Crippen LogP contribution in [0.15, 0.2) is 30.5 Å². The highest BCUT2D eigenvalue weighted by Crippen LogP contribution is 2.12. The molecule has 6 nitrogen and oxygen atoms in total. The summed E-state index contributed by atoms with van der Waals surface area (Å²) in [5, 5.41) is 12.1. The van der Waals surface area contributed by atoms with Crippen LogP contribution in [-0.4, -0.2) is 36.1 Å².